The van der Waals surface area contributed by atoms with E-state index in [2.05, 4.69) is 5.32 Å². The summed E-state index contributed by atoms with van der Waals surface area (Å²) < 4.78 is 10.2. The Morgan fingerprint density at radius 1 is 1.22 bits per heavy atom. The predicted octanol–water partition coefficient (Wildman–Crippen LogP) is 0.910. The average molecular weight is 254 g/mol. The van der Waals surface area contributed by atoms with Gasteiger partial charge in [-0.2, -0.15) is 0 Å². The Morgan fingerprint density at radius 3 is 2.22 bits per heavy atom. The van der Waals surface area contributed by atoms with E-state index in [1.165, 1.54) is 14.2 Å². The van der Waals surface area contributed by atoms with Crippen LogP contribution < -0.4 is 20.1 Å². The van der Waals surface area contributed by atoms with E-state index in [4.69, 9.17) is 14.6 Å². The molecule has 7 heteroatoms. The molecule has 0 aliphatic carbocycles. The number of benzene rings is 1. The van der Waals surface area contributed by atoms with Crippen LogP contribution in [0.25, 0.3) is 0 Å². The molecule has 0 bridgehead atoms. The van der Waals surface area contributed by atoms with Crippen LogP contribution in [0.5, 0.6) is 11.5 Å². The van der Waals surface area contributed by atoms with Crippen LogP contribution in [0.3, 0.4) is 0 Å². The molecule has 0 radical (unpaired) electrons. The maximum absolute atomic E-state index is 11.5. The maximum Gasteiger partial charge on any atom is 0.405 e. The number of carboxylic acid groups (broad SMARTS) is 1. The molecule has 0 heterocycles. The van der Waals surface area contributed by atoms with Crippen molar-refractivity contribution in [2.24, 2.45) is 0 Å². The fourth-order valence-corrected chi connectivity index (χ4v) is 1.31. The zero-order valence-corrected chi connectivity index (χ0v) is 10.0. The Balaban J connectivity index is 2.82. The van der Waals surface area contributed by atoms with Gasteiger partial charge in [-0.05, 0) is 12.1 Å². The molecule has 0 saturated carbocycles. The maximum atomic E-state index is 11.5. The number of ether oxygens (including phenoxy) is 2. The molecule has 3 N–H and O–H groups in total. The summed E-state index contributed by atoms with van der Waals surface area (Å²) in [5.74, 6) is 0.344. The van der Waals surface area contributed by atoms with Crippen LogP contribution in [-0.2, 0) is 4.79 Å². The molecule has 1 rings (SSSR count). The smallest absolute Gasteiger partial charge is 0.405 e. The second-order valence-corrected chi connectivity index (χ2v) is 3.24. The van der Waals surface area contributed by atoms with Crippen molar-refractivity contribution in [1.82, 2.24) is 5.32 Å². The second kappa shape index (κ2) is 6.33. The lowest BCUT2D eigenvalue weighted by atomic mass is 10.2. The third-order valence-corrected chi connectivity index (χ3v) is 2.09. The van der Waals surface area contributed by atoms with Crippen molar-refractivity contribution in [3.05, 3.63) is 18.2 Å². The second-order valence-electron chi connectivity index (χ2n) is 3.24. The number of rotatable bonds is 5. The van der Waals surface area contributed by atoms with E-state index in [0.29, 0.717) is 17.2 Å². The number of para-hydroxylation sites is 1. The van der Waals surface area contributed by atoms with Gasteiger partial charge >= 0.3 is 6.09 Å². The molecule has 0 unspecified atom stereocenters. The summed E-state index contributed by atoms with van der Waals surface area (Å²) in [6, 6.07) is 5.02. The normalized spacial score (nSPS) is 9.44. The largest absolute Gasteiger partial charge is 0.494 e. The lowest BCUT2D eigenvalue weighted by Gasteiger charge is -2.13. The lowest BCUT2D eigenvalue weighted by molar-refractivity contribution is -0.115. The number of anilines is 1. The molecule has 98 valence electrons. The van der Waals surface area contributed by atoms with E-state index < -0.39 is 12.0 Å². The summed E-state index contributed by atoms with van der Waals surface area (Å²) in [6.07, 6.45) is -1.27. The highest BCUT2D eigenvalue weighted by Crippen LogP contribution is 2.33. The molecule has 0 atom stereocenters. The standard InChI is InChI=1S/C11H14N2O5/c1-17-7-4-3-5-8(18-2)10(7)13-9(14)6-12-11(15)16/h3-5,12H,6H2,1-2H3,(H,13,14)(H,15,16). The van der Waals surface area contributed by atoms with Crippen LogP contribution in [0.4, 0.5) is 10.5 Å². The molecule has 7 nitrogen and oxygen atoms in total. The number of carbonyl (C=O) groups excluding carboxylic acids is 1. The molecular weight excluding hydrogens is 240 g/mol. The first-order valence-electron chi connectivity index (χ1n) is 5.06. The zero-order valence-electron chi connectivity index (χ0n) is 10.0. The van der Waals surface area contributed by atoms with Crippen molar-refractivity contribution in [3.8, 4) is 11.5 Å². The van der Waals surface area contributed by atoms with Gasteiger partial charge in [-0.1, -0.05) is 6.07 Å². The van der Waals surface area contributed by atoms with Gasteiger partial charge in [-0.3, -0.25) is 4.79 Å². The molecule has 0 spiro atoms. The van der Waals surface area contributed by atoms with Crippen LogP contribution in [0, 0.1) is 0 Å². The van der Waals surface area contributed by atoms with Crippen molar-refractivity contribution in [2.45, 2.75) is 0 Å². The van der Waals surface area contributed by atoms with Gasteiger partial charge in [0.15, 0.2) is 0 Å². The molecule has 0 aromatic heterocycles. The van der Waals surface area contributed by atoms with Crippen molar-refractivity contribution >= 4 is 17.7 Å². The number of methoxy groups -OCH3 is 2. The first kappa shape index (κ1) is 13.6. The highest BCUT2D eigenvalue weighted by atomic mass is 16.5. The predicted molar refractivity (Wildman–Crippen MR) is 64.2 cm³/mol. The number of hydrogen-bond acceptors (Lipinski definition) is 4. The molecule has 0 aliphatic rings. The molecule has 0 saturated heterocycles. The minimum atomic E-state index is -1.27. The Bertz CT molecular complexity index is 425. The number of hydrogen-bond donors (Lipinski definition) is 3. The number of nitrogens with one attached hydrogen (secondary N) is 2. The highest BCUT2D eigenvalue weighted by molar-refractivity contribution is 5.96. The van der Waals surface area contributed by atoms with Crippen LogP contribution in [-0.4, -0.2) is 37.9 Å². The minimum absolute atomic E-state index is 0.351. The summed E-state index contributed by atoms with van der Waals surface area (Å²) in [5.41, 5.74) is 0.361. The summed E-state index contributed by atoms with van der Waals surface area (Å²) >= 11 is 0. The van der Waals surface area contributed by atoms with Gasteiger partial charge in [0.2, 0.25) is 5.91 Å². The topological polar surface area (TPSA) is 96.9 Å². The van der Waals surface area contributed by atoms with Crippen LogP contribution in [0.1, 0.15) is 0 Å². The Hall–Kier alpha value is -2.44. The molecule has 18 heavy (non-hydrogen) atoms. The zero-order chi connectivity index (χ0) is 13.5. The van der Waals surface area contributed by atoms with Gasteiger partial charge in [-0.15, -0.1) is 0 Å². The monoisotopic (exact) mass is 254 g/mol. The third kappa shape index (κ3) is 3.55. The van der Waals surface area contributed by atoms with Crippen molar-refractivity contribution in [3.63, 3.8) is 0 Å². The van der Waals surface area contributed by atoms with E-state index in [-0.39, 0.29) is 6.54 Å². The van der Waals surface area contributed by atoms with Crippen LogP contribution >= 0.6 is 0 Å². The quantitative estimate of drug-likeness (QED) is 0.725. The van der Waals surface area contributed by atoms with Crippen LogP contribution in [0.15, 0.2) is 18.2 Å². The van der Waals surface area contributed by atoms with Crippen LogP contribution in [0.2, 0.25) is 0 Å². The summed E-state index contributed by atoms with van der Waals surface area (Å²) in [7, 11) is 2.92. The summed E-state index contributed by atoms with van der Waals surface area (Å²) in [4.78, 5) is 21.8. The summed E-state index contributed by atoms with van der Waals surface area (Å²) in [6.45, 7) is -0.351. The van der Waals surface area contributed by atoms with Crippen molar-refractivity contribution < 1.29 is 24.2 Å². The van der Waals surface area contributed by atoms with E-state index in [0.717, 1.165) is 0 Å². The molecule has 1 aromatic rings. The first-order valence-corrected chi connectivity index (χ1v) is 5.06. The average Bonchev–Trinajstić information content (AvgIpc) is 2.36. The molecule has 2 amide bonds. The van der Waals surface area contributed by atoms with E-state index >= 15 is 0 Å². The van der Waals surface area contributed by atoms with Crippen molar-refractivity contribution in [2.75, 3.05) is 26.1 Å². The van der Waals surface area contributed by atoms with Gasteiger partial charge in [0.05, 0.1) is 14.2 Å². The summed E-state index contributed by atoms with van der Waals surface area (Å²) in [5, 5.41) is 12.9. The van der Waals surface area contributed by atoms with Gasteiger partial charge in [-0.25, -0.2) is 4.79 Å². The number of carbonyl (C=O) groups is 2. The van der Waals surface area contributed by atoms with Gasteiger partial charge < -0.3 is 25.2 Å². The Morgan fingerprint density at radius 2 is 1.78 bits per heavy atom. The molecule has 0 aliphatic heterocycles. The fraction of sp³-hybridized carbons (Fsp3) is 0.273. The van der Waals surface area contributed by atoms with Gasteiger partial charge in [0, 0.05) is 0 Å². The third-order valence-electron chi connectivity index (χ3n) is 2.09. The van der Waals surface area contributed by atoms with Gasteiger partial charge in [0.1, 0.15) is 23.7 Å². The van der Waals surface area contributed by atoms with E-state index in [1.54, 1.807) is 18.2 Å². The SMILES string of the molecule is COc1cccc(OC)c1NC(=O)CNC(=O)O. The van der Waals surface area contributed by atoms with Crippen molar-refractivity contribution in [1.29, 1.82) is 0 Å². The molecular formula is C11H14N2O5. The van der Waals surface area contributed by atoms with E-state index in [1.807, 2.05) is 5.32 Å². The Labute approximate surface area is 104 Å². The first-order chi connectivity index (χ1) is 8.58. The Kier molecular flexibility index (Phi) is 4.79. The fourth-order valence-electron chi connectivity index (χ4n) is 1.31. The van der Waals surface area contributed by atoms with Gasteiger partial charge in [0.25, 0.3) is 0 Å². The molecule has 1 aromatic carbocycles. The van der Waals surface area contributed by atoms with E-state index in [9.17, 15) is 9.59 Å². The molecule has 0 fully saturated rings. The highest BCUT2D eigenvalue weighted by Gasteiger charge is 2.13. The number of amides is 2. The lowest BCUT2D eigenvalue weighted by Crippen LogP contribution is -2.31. The minimum Gasteiger partial charge on any atom is -0.494 e.